The summed E-state index contributed by atoms with van der Waals surface area (Å²) in [7, 11) is 1.50. The van der Waals surface area contributed by atoms with E-state index in [0.29, 0.717) is 40.6 Å². The fourth-order valence-corrected chi connectivity index (χ4v) is 2.69. The zero-order chi connectivity index (χ0) is 16.0. The van der Waals surface area contributed by atoms with E-state index in [-0.39, 0.29) is 11.6 Å². The second-order valence-electron chi connectivity index (χ2n) is 5.76. The van der Waals surface area contributed by atoms with Crippen molar-refractivity contribution in [3.05, 3.63) is 30.2 Å². The Morgan fingerprint density at radius 1 is 1.39 bits per heavy atom. The maximum atomic E-state index is 14.3. The minimum atomic E-state index is -0.289. The highest BCUT2D eigenvalue weighted by molar-refractivity contribution is 5.92. The van der Waals surface area contributed by atoms with E-state index in [4.69, 9.17) is 10.5 Å². The van der Waals surface area contributed by atoms with Crippen LogP contribution < -0.4 is 10.5 Å². The average Bonchev–Trinajstić information content (AvgIpc) is 3.27. The molecule has 2 aromatic heterocycles. The number of nitrogens with zero attached hydrogens (tertiary/aromatic N) is 4. The van der Waals surface area contributed by atoms with Gasteiger partial charge in [-0.15, -0.1) is 0 Å². The number of fused-ring (bicyclic) bond motifs is 1. The van der Waals surface area contributed by atoms with Crippen molar-refractivity contribution >= 4 is 16.7 Å². The van der Waals surface area contributed by atoms with Crippen LogP contribution in [0, 0.1) is 11.7 Å². The summed E-state index contributed by atoms with van der Waals surface area (Å²) >= 11 is 0. The van der Waals surface area contributed by atoms with Gasteiger partial charge < -0.3 is 10.5 Å². The third-order valence-corrected chi connectivity index (χ3v) is 4.06. The monoisotopic (exact) mass is 313 g/mol. The standard InChI is InChI=1S/C16H16FN5O/c1-23-12-7-19-16(20-15(12)18)13-10-3-2-4-11(17)14(10)22(21-13)8-9-5-6-9/h2-4,7,9H,5-6,8H2,1H3,(H2,18,19,20). The van der Waals surface area contributed by atoms with E-state index < -0.39 is 0 Å². The van der Waals surface area contributed by atoms with E-state index in [1.54, 1.807) is 10.7 Å². The van der Waals surface area contributed by atoms with Crippen LogP contribution in [-0.2, 0) is 6.54 Å². The van der Waals surface area contributed by atoms with E-state index in [2.05, 4.69) is 15.1 Å². The molecule has 1 aromatic carbocycles. The van der Waals surface area contributed by atoms with Gasteiger partial charge >= 0.3 is 0 Å². The number of benzene rings is 1. The van der Waals surface area contributed by atoms with Crippen molar-refractivity contribution in [2.24, 2.45) is 5.92 Å². The number of hydrogen-bond donors (Lipinski definition) is 1. The number of nitrogens with two attached hydrogens (primary N) is 1. The van der Waals surface area contributed by atoms with Crippen LogP contribution >= 0.6 is 0 Å². The van der Waals surface area contributed by atoms with Gasteiger partial charge in [0.05, 0.1) is 13.3 Å². The topological polar surface area (TPSA) is 78.9 Å². The number of nitrogen functional groups attached to an aromatic ring is 1. The molecule has 0 unspecified atom stereocenters. The molecule has 0 atom stereocenters. The van der Waals surface area contributed by atoms with E-state index in [1.807, 2.05) is 6.07 Å². The minimum Gasteiger partial charge on any atom is -0.491 e. The van der Waals surface area contributed by atoms with Gasteiger partial charge in [-0.3, -0.25) is 4.68 Å². The first-order chi connectivity index (χ1) is 11.2. The van der Waals surface area contributed by atoms with Gasteiger partial charge in [0.15, 0.2) is 17.4 Å². The van der Waals surface area contributed by atoms with Crippen molar-refractivity contribution in [1.29, 1.82) is 0 Å². The fourth-order valence-electron chi connectivity index (χ4n) is 2.69. The van der Waals surface area contributed by atoms with E-state index in [9.17, 15) is 4.39 Å². The van der Waals surface area contributed by atoms with Gasteiger partial charge in [0.1, 0.15) is 17.0 Å². The average molecular weight is 313 g/mol. The lowest BCUT2D eigenvalue weighted by Crippen LogP contribution is -2.03. The largest absolute Gasteiger partial charge is 0.491 e. The summed E-state index contributed by atoms with van der Waals surface area (Å²) in [6, 6.07) is 4.94. The minimum absolute atomic E-state index is 0.235. The van der Waals surface area contributed by atoms with Gasteiger partial charge in [-0.2, -0.15) is 5.10 Å². The zero-order valence-electron chi connectivity index (χ0n) is 12.7. The van der Waals surface area contributed by atoms with Gasteiger partial charge in [0.2, 0.25) is 0 Å². The van der Waals surface area contributed by atoms with Crippen molar-refractivity contribution in [3.63, 3.8) is 0 Å². The molecule has 1 aliphatic rings. The van der Waals surface area contributed by atoms with Crippen molar-refractivity contribution in [3.8, 4) is 17.3 Å². The van der Waals surface area contributed by atoms with Gasteiger partial charge in [0, 0.05) is 11.9 Å². The van der Waals surface area contributed by atoms with Crippen molar-refractivity contribution < 1.29 is 9.13 Å². The summed E-state index contributed by atoms with van der Waals surface area (Å²) in [4.78, 5) is 8.50. The first kappa shape index (κ1) is 13.9. The Balaban J connectivity index is 1.89. The molecule has 4 rings (SSSR count). The fraction of sp³-hybridized carbons (Fsp3) is 0.312. The van der Waals surface area contributed by atoms with Gasteiger partial charge in [0.25, 0.3) is 0 Å². The maximum Gasteiger partial charge on any atom is 0.182 e. The van der Waals surface area contributed by atoms with E-state index in [1.165, 1.54) is 19.4 Å². The van der Waals surface area contributed by atoms with Gasteiger partial charge in [-0.1, -0.05) is 12.1 Å². The van der Waals surface area contributed by atoms with Gasteiger partial charge in [-0.05, 0) is 24.8 Å². The highest BCUT2D eigenvalue weighted by Crippen LogP contribution is 2.34. The Morgan fingerprint density at radius 3 is 2.91 bits per heavy atom. The predicted molar refractivity (Wildman–Crippen MR) is 84.4 cm³/mol. The van der Waals surface area contributed by atoms with Crippen molar-refractivity contribution in [1.82, 2.24) is 19.7 Å². The molecule has 1 aliphatic carbocycles. The van der Waals surface area contributed by atoms with Crippen LogP contribution in [0.3, 0.4) is 0 Å². The zero-order valence-corrected chi connectivity index (χ0v) is 12.7. The molecule has 6 nitrogen and oxygen atoms in total. The second kappa shape index (κ2) is 5.19. The first-order valence-corrected chi connectivity index (χ1v) is 7.49. The third kappa shape index (κ3) is 2.38. The highest BCUT2D eigenvalue weighted by atomic mass is 19.1. The smallest absolute Gasteiger partial charge is 0.182 e. The lowest BCUT2D eigenvalue weighted by atomic mass is 10.2. The molecular weight excluding hydrogens is 297 g/mol. The molecule has 0 radical (unpaired) electrons. The van der Waals surface area contributed by atoms with Crippen LogP contribution in [0.15, 0.2) is 24.4 Å². The quantitative estimate of drug-likeness (QED) is 0.801. The number of para-hydroxylation sites is 1. The summed E-state index contributed by atoms with van der Waals surface area (Å²) in [5.41, 5.74) is 6.89. The molecule has 0 aliphatic heterocycles. The Hall–Kier alpha value is -2.70. The van der Waals surface area contributed by atoms with Crippen LogP contribution in [-0.4, -0.2) is 26.9 Å². The normalized spacial score (nSPS) is 14.3. The summed E-state index contributed by atoms with van der Waals surface area (Å²) in [6.07, 6.45) is 3.83. The van der Waals surface area contributed by atoms with Crippen LogP contribution in [0.25, 0.3) is 22.4 Å². The third-order valence-electron chi connectivity index (χ3n) is 4.06. The Morgan fingerprint density at radius 2 is 2.22 bits per heavy atom. The lowest BCUT2D eigenvalue weighted by molar-refractivity contribution is 0.413. The van der Waals surface area contributed by atoms with Crippen molar-refractivity contribution in [2.45, 2.75) is 19.4 Å². The van der Waals surface area contributed by atoms with Crippen LogP contribution in [0.1, 0.15) is 12.8 Å². The highest BCUT2D eigenvalue weighted by Gasteiger charge is 2.25. The molecule has 3 aromatic rings. The summed E-state index contributed by atoms with van der Waals surface area (Å²) < 4.78 is 21.1. The number of halogens is 1. The van der Waals surface area contributed by atoms with E-state index in [0.717, 1.165) is 12.8 Å². The van der Waals surface area contributed by atoms with Crippen LogP contribution in [0.4, 0.5) is 10.2 Å². The molecule has 7 heteroatoms. The van der Waals surface area contributed by atoms with E-state index >= 15 is 0 Å². The number of methoxy groups -OCH3 is 1. The lowest BCUT2D eigenvalue weighted by Gasteiger charge is -2.03. The molecule has 0 saturated heterocycles. The number of anilines is 1. The molecule has 0 bridgehead atoms. The molecule has 118 valence electrons. The summed E-state index contributed by atoms with van der Waals surface area (Å²) in [5, 5.41) is 5.24. The van der Waals surface area contributed by atoms with Gasteiger partial charge in [-0.25, -0.2) is 14.4 Å². The molecule has 0 spiro atoms. The Kier molecular flexibility index (Phi) is 3.14. The molecule has 23 heavy (non-hydrogen) atoms. The molecule has 1 saturated carbocycles. The van der Waals surface area contributed by atoms with Crippen LogP contribution in [0.5, 0.6) is 5.75 Å². The SMILES string of the molecule is COc1cnc(-c2nn(CC3CC3)c3c(F)cccc23)nc1N. The number of ether oxygens (including phenoxy) is 1. The predicted octanol–water partition coefficient (Wildman–Crippen LogP) is 2.63. The summed E-state index contributed by atoms with van der Waals surface area (Å²) in [6.45, 7) is 0.711. The van der Waals surface area contributed by atoms with Crippen molar-refractivity contribution in [2.75, 3.05) is 12.8 Å². The Bertz CT molecular complexity index is 888. The molecule has 2 N–H and O–H groups in total. The molecule has 2 heterocycles. The molecular formula is C16H16FN5O. The van der Waals surface area contributed by atoms with Crippen LogP contribution in [0.2, 0.25) is 0 Å². The number of rotatable bonds is 4. The maximum absolute atomic E-state index is 14.3. The summed E-state index contributed by atoms with van der Waals surface area (Å²) in [5.74, 6) is 1.30. The second-order valence-corrected chi connectivity index (χ2v) is 5.76. The molecule has 0 amide bonds. The number of aromatic nitrogens is 4. The Labute approximate surface area is 132 Å². The first-order valence-electron chi connectivity index (χ1n) is 7.49. The number of hydrogen-bond acceptors (Lipinski definition) is 5. The molecule has 1 fully saturated rings.